The van der Waals surface area contributed by atoms with Crippen LogP contribution in [0, 0.1) is 5.41 Å². The third kappa shape index (κ3) is 4.12. The van der Waals surface area contributed by atoms with Gasteiger partial charge in [-0.15, -0.1) is 0 Å². The number of nitrogens with one attached hydrogen (secondary N) is 2. The number of hydrogen-bond acceptors (Lipinski definition) is 2. The number of rotatable bonds is 5. The molecule has 0 radical (unpaired) electrons. The number of carboxylic acid groups (broad SMARTS) is 1. The fourth-order valence-electron chi connectivity index (χ4n) is 2.77. The lowest BCUT2D eigenvalue weighted by molar-refractivity contribution is -0.144. The smallest absolute Gasteiger partial charge is 0.329 e. The summed E-state index contributed by atoms with van der Waals surface area (Å²) in [5, 5.41) is 14.9. The van der Waals surface area contributed by atoms with Gasteiger partial charge in [-0.25, -0.2) is 9.59 Å². The monoisotopic (exact) mass is 284 g/mol. The Bertz CT molecular complexity index is 352. The van der Waals surface area contributed by atoms with E-state index in [1.54, 1.807) is 13.8 Å². The second kappa shape index (κ2) is 6.46. The first kappa shape index (κ1) is 16.8. The maximum atomic E-state index is 12.0. The van der Waals surface area contributed by atoms with Crippen LogP contribution in [0.4, 0.5) is 4.79 Å². The zero-order valence-corrected chi connectivity index (χ0v) is 13.1. The van der Waals surface area contributed by atoms with E-state index in [0.29, 0.717) is 18.3 Å². The van der Waals surface area contributed by atoms with Crippen LogP contribution in [-0.4, -0.2) is 28.7 Å². The molecule has 1 rings (SSSR count). The average Bonchev–Trinajstić information content (AvgIpc) is 2.38. The molecular formula is C15H28N2O3. The highest BCUT2D eigenvalue weighted by atomic mass is 16.4. The van der Waals surface area contributed by atoms with Crippen LogP contribution in [0.5, 0.6) is 0 Å². The van der Waals surface area contributed by atoms with Crippen LogP contribution in [0.15, 0.2) is 0 Å². The molecule has 5 nitrogen and oxygen atoms in total. The van der Waals surface area contributed by atoms with Gasteiger partial charge in [-0.1, -0.05) is 27.7 Å². The summed E-state index contributed by atoms with van der Waals surface area (Å²) in [7, 11) is 0. The fourth-order valence-corrected chi connectivity index (χ4v) is 2.77. The molecule has 5 heteroatoms. The van der Waals surface area contributed by atoms with E-state index < -0.39 is 11.5 Å². The Morgan fingerprint density at radius 1 is 1.20 bits per heavy atom. The molecule has 0 bridgehead atoms. The molecule has 0 aliphatic heterocycles. The van der Waals surface area contributed by atoms with Gasteiger partial charge in [-0.05, 0) is 43.9 Å². The summed E-state index contributed by atoms with van der Waals surface area (Å²) < 4.78 is 0. The molecule has 0 heterocycles. The van der Waals surface area contributed by atoms with E-state index in [1.807, 2.05) is 0 Å². The highest BCUT2D eigenvalue weighted by molar-refractivity contribution is 5.86. The number of urea groups is 1. The molecule has 0 atom stereocenters. The summed E-state index contributed by atoms with van der Waals surface area (Å²) >= 11 is 0. The van der Waals surface area contributed by atoms with Crippen LogP contribution < -0.4 is 10.6 Å². The maximum Gasteiger partial charge on any atom is 0.329 e. The quantitative estimate of drug-likeness (QED) is 0.726. The minimum Gasteiger partial charge on any atom is -0.480 e. The van der Waals surface area contributed by atoms with Crippen molar-refractivity contribution in [1.82, 2.24) is 10.6 Å². The summed E-state index contributed by atoms with van der Waals surface area (Å²) in [6.07, 6.45) is 4.85. The van der Waals surface area contributed by atoms with E-state index in [0.717, 1.165) is 25.7 Å². The van der Waals surface area contributed by atoms with Gasteiger partial charge in [0.1, 0.15) is 5.54 Å². The molecule has 1 saturated carbocycles. The van der Waals surface area contributed by atoms with Crippen molar-refractivity contribution in [1.29, 1.82) is 0 Å². The lowest BCUT2D eigenvalue weighted by Gasteiger charge is -2.35. The van der Waals surface area contributed by atoms with Crippen LogP contribution in [0.25, 0.3) is 0 Å². The predicted octanol–water partition coefficient (Wildman–Crippen LogP) is 2.90. The first-order valence-corrected chi connectivity index (χ1v) is 7.57. The lowest BCUT2D eigenvalue weighted by Crippen LogP contribution is -2.58. The molecule has 2 amide bonds. The molecular weight excluding hydrogens is 256 g/mol. The van der Waals surface area contributed by atoms with Crippen molar-refractivity contribution >= 4 is 12.0 Å². The highest BCUT2D eigenvalue weighted by Gasteiger charge is 2.37. The third-order valence-electron chi connectivity index (χ3n) is 4.64. The van der Waals surface area contributed by atoms with Crippen LogP contribution in [0.1, 0.15) is 66.2 Å². The fraction of sp³-hybridized carbons (Fsp3) is 0.867. The summed E-state index contributed by atoms with van der Waals surface area (Å²) in [4.78, 5) is 23.4. The minimum absolute atomic E-state index is 0.156. The SMILES string of the molecule is CCC(CC)(NC(=O)NC1CCC(C)(C)CC1)C(=O)O. The van der Waals surface area contributed by atoms with E-state index in [2.05, 4.69) is 24.5 Å². The van der Waals surface area contributed by atoms with Gasteiger partial charge in [0, 0.05) is 6.04 Å². The molecule has 0 saturated heterocycles. The van der Waals surface area contributed by atoms with E-state index in [-0.39, 0.29) is 12.1 Å². The van der Waals surface area contributed by atoms with Gasteiger partial charge in [-0.2, -0.15) is 0 Å². The van der Waals surface area contributed by atoms with E-state index in [1.165, 1.54) is 0 Å². The first-order chi connectivity index (χ1) is 9.24. The van der Waals surface area contributed by atoms with E-state index in [4.69, 9.17) is 0 Å². The molecule has 0 aromatic heterocycles. The Labute approximate surface area is 121 Å². The Hall–Kier alpha value is -1.26. The minimum atomic E-state index is -1.15. The third-order valence-corrected chi connectivity index (χ3v) is 4.64. The number of amides is 2. The van der Waals surface area contributed by atoms with Crippen molar-refractivity contribution in [3.63, 3.8) is 0 Å². The summed E-state index contributed by atoms with van der Waals surface area (Å²) in [5.41, 5.74) is -0.801. The Kier molecular flexibility index (Phi) is 5.42. The number of carboxylic acids is 1. The highest BCUT2D eigenvalue weighted by Crippen LogP contribution is 2.34. The molecule has 0 spiro atoms. The van der Waals surface area contributed by atoms with Crippen molar-refractivity contribution in [2.45, 2.75) is 77.8 Å². The van der Waals surface area contributed by atoms with E-state index >= 15 is 0 Å². The zero-order chi connectivity index (χ0) is 15.4. The number of carbonyl (C=O) groups is 2. The van der Waals surface area contributed by atoms with Crippen molar-refractivity contribution in [3.8, 4) is 0 Å². The number of carbonyl (C=O) groups excluding carboxylic acids is 1. The Morgan fingerprint density at radius 2 is 1.70 bits per heavy atom. The molecule has 0 aromatic carbocycles. The summed E-state index contributed by atoms with van der Waals surface area (Å²) in [6, 6.07) is -0.205. The lowest BCUT2D eigenvalue weighted by atomic mass is 9.75. The standard InChI is InChI=1S/C15H28N2O3/c1-5-15(6-2,12(18)19)17-13(20)16-11-7-9-14(3,4)10-8-11/h11H,5-10H2,1-4H3,(H,18,19)(H2,16,17,20). The summed E-state index contributed by atoms with van der Waals surface area (Å²) in [6.45, 7) is 8.04. The van der Waals surface area contributed by atoms with Crippen molar-refractivity contribution in [3.05, 3.63) is 0 Å². The maximum absolute atomic E-state index is 12.0. The Morgan fingerprint density at radius 3 is 2.10 bits per heavy atom. The van der Waals surface area contributed by atoms with E-state index in [9.17, 15) is 14.7 Å². The average molecular weight is 284 g/mol. The molecule has 1 aliphatic carbocycles. The number of aliphatic carboxylic acids is 1. The van der Waals surface area contributed by atoms with Gasteiger partial charge < -0.3 is 15.7 Å². The van der Waals surface area contributed by atoms with Gasteiger partial charge in [0.2, 0.25) is 0 Å². The zero-order valence-electron chi connectivity index (χ0n) is 13.1. The molecule has 0 aromatic rings. The topological polar surface area (TPSA) is 78.4 Å². The molecule has 0 unspecified atom stereocenters. The second-order valence-corrected chi connectivity index (χ2v) is 6.63. The van der Waals surface area contributed by atoms with Crippen LogP contribution in [0.2, 0.25) is 0 Å². The molecule has 116 valence electrons. The Balaban J connectivity index is 2.53. The van der Waals surface area contributed by atoms with Gasteiger partial charge in [0.25, 0.3) is 0 Å². The van der Waals surface area contributed by atoms with Crippen molar-refractivity contribution < 1.29 is 14.7 Å². The van der Waals surface area contributed by atoms with Gasteiger partial charge in [0.05, 0.1) is 0 Å². The first-order valence-electron chi connectivity index (χ1n) is 7.57. The van der Waals surface area contributed by atoms with Crippen LogP contribution in [-0.2, 0) is 4.79 Å². The molecule has 1 fully saturated rings. The predicted molar refractivity (Wildman–Crippen MR) is 78.7 cm³/mol. The summed E-state index contributed by atoms with van der Waals surface area (Å²) in [5.74, 6) is -0.970. The van der Waals surface area contributed by atoms with Gasteiger partial charge in [0.15, 0.2) is 0 Å². The molecule has 20 heavy (non-hydrogen) atoms. The largest absolute Gasteiger partial charge is 0.480 e. The molecule has 1 aliphatic rings. The van der Waals surface area contributed by atoms with Crippen molar-refractivity contribution in [2.75, 3.05) is 0 Å². The molecule has 3 N–H and O–H groups in total. The van der Waals surface area contributed by atoms with Gasteiger partial charge >= 0.3 is 12.0 Å². The van der Waals surface area contributed by atoms with Crippen LogP contribution >= 0.6 is 0 Å². The van der Waals surface area contributed by atoms with Crippen molar-refractivity contribution in [2.24, 2.45) is 5.41 Å². The van der Waals surface area contributed by atoms with Crippen LogP contribution in [0.3, 0.4) is 0 Å². The second-order valence-electron chi connectivity index (χ2n) is 6.63. The number of hydrogen-bond donors (Lipinski definition) is 3. The van der Waals surface area contributed by atoms with Gasteiger partial charge in [-0.3, -0.25) is 0 Å². The normalized spacial score (nSPS) is 19.4.